The minimum atomic E-state index is -4.49. The van der Waals surface area contributed by atoms with Crippen molar-refractivity contribution in [3.8, 4) is 0 Å². The lowest BCUT2D eigenvalue weighted by Crippen LogP contribution is -2.35. The Labute approximate surface area is 203 Å². The maximum atomic E-state index is 13.3. The smallest absolute Gasteiger partial charge is 0.370 e. The molecule has 1 aliphatic heterocycles. The van der Waals surface area contributed by atoms with E-state index in [1.807, 2.05) is 29.2 Å². The third kappa shape index (κ3) is 5.30. The zero-order chi connectivity index (χ0) is 23.6. The molecule has 33 heavy (non-hydrogen) atoms. The Hall–Kier alpha value is -2.65. The van der Waals surface area contributed by atoms with E-state index in [0.29, 0.717) is 11.3 Å². The summed E-state index contributed by atoms with van der Waals surface area (Å²) in [6.45, 7) is 1.51. The average Bonchev–Trinajstić information content (AvgIpc) is 2.79. The number of fused-ring (bicyclic) bond motifs is 1. The fourth-order valence-electron chi connectivity index (χ4n) is 4.02. The molecule has 172 valence electrons. The average molecular weight is 536 g/mol. The number of hydrogen-bond donors (Lipinski definition) is 2. The molecule has 0 bridgehead atoms. The van der Waals surface area contributed by atoms with Gasteiger partial charge in [0.1, 0.15) is 0 Å². The van der Waals surface area contributed by atoms with Crippen LogP contribution < -0.4 is 15.5 Å². The Morgan fingerprint density at radius 1 is 0.970 bits per heavy atom. The van der Waals surface area contributed by atoms with Gasteiger partial charge in [-0.15, -0.1) is 0 Å². The van der Waals surface area contributed by atoms with E-state index in [1.165, 1.54) is 6.07 Å². The van der Waals surface area contributed by atoms with Crippen molar-refractivity contribution >= 4 is 61.3 Å². The maximum absolute atomic E-state index is 13.3. The van der Waals surface area contributed by atoms with E-state index in [2.05, 4.69) is 26.6 Å². The second-order valence-electron chi connectivity index (χ2n) is 7.83. The summed E-state index contributed by atoms with van der Waals surface area (Å²) >= 11 is 8.78. The minimum absolute atomic E-state index is 0.0652. The van der Waals surface area contributed by atoms with E-state index >= 15 is 0 Å². The summed E-state index contributed by atoms with van der Waals surface area (Å²) in [7, 11) is 0. The molecule has 0 aliphatic carbocycles. The normalized spacial score (nSPS) is 14.2. The quantitative estimate of drug-likeness (QED) is 0.364. The van der Waals surface area contributed by atoms with Crippen molar-refractivity contribution in [2.45, 2.75) is 25.4 Å². The highest BCUT2D eigenvalue weighted by atomic mass is 79.9. The summed E-state index contributed by atoms with van der Waals surface area (Å²) < 4.78 is 40.9. The highest BCUT2D eigenvalue weighted by Crippen LogP contribution is 2.36. The number of alkyl halides is 3. The summed E-state index contributed by atoms with van der Waals surface area (Å²) in [6, 6.07) is 14.4. The number of halogens is 4. The van der Waals surface area contributed by atoms with Crippen molar-refractivity contribution < 1.29 is 18.0 Å². The number of nitrogens with zero attached hydrogens (tertiary/aromatic N) is 1. The van der Waals surface area contributed by atoms with Crippen molar-refractivity contribution in [3.05, 3.63) is 70.2 Å². The number of carbonyl (C=O) groups excluding carboxylic acids is 1. The first kappa shape index (κ1) is 23.5. The third-order valence-electron chi connectivity index (χ3n) is 5.61. The van der Waals surface area contributed by atoms with Gasteiger partial charge in [-0.05, 0) is 72.6 Å². The van der Waals surface area contributed by atoms with E-state index in [0.717, 1.165) is 59.7 Å². The van der Waals surface area contributed by atoms with E-state index < -0.39 is 17.6 Å². The minimum Gasteiger partial charge on any atom is -0.370 e. The van der Waals surface area contributed by atoms with Crippen LogP contribution >= 0.6 is 28.1 Å². The summed E-state index contributed by atoms with van der Waals surface area (Å²) in [5.74, 6) is -0.442. The van der Waals surface area contributed by atoms with Crippen molar-refractivity contribution in [1.82, 2.24) is 5.32 Å². The van der Waals surface area contributed by atoms with Crippen LogP contribution in [0.3, 0.4) is 0 Å². The van der Waals surface area contributed by atoms with Crippen LogP contribution in [-0.4, -0.2) is 24.1 Å². The van der Waals surface area contributed by atoms with Gasteiger partial charge in [0.05, 0.1) is 16.9 Å². The lowest BCUT2D eigenvalue weighted by Gasteiger charge is -2.31. The van der Waals surface area contributed by atoms with Crippen LogP contribution in [0.4, 0.5) is 24.5 Å². The molecule has 0 atom stereocenters. The van der Waals surface area contributed by atoms with Crippen LogP contribution in [0.2, 0.25) is 0 Å². The van der Waals surface area contributed by atoms with Crippen LogP contribution in [0.1, 0.15) is 35.2 Å². The number of anilines is 2. The van der Waals surface area contributed by atoms with Gasteiger partial charge in [0.15, 0.2) is 5.11 Å². The number of nitrogens with one attached hydrogen (secondary N) is 2. The first-order valence-corrected chi connectivity index (χ1v) is 11.7. The maximum Gasteiger partial charge on any atom is 0.416 e. The fraction of sp³-hybridized carbons (Fsp3) is 0.250. The van der Waals surface area contributed by atoms with Crippen molar-refractivity contribution in [2.75, 3.05) is 23.3 Å². The van der Waals surface area contributed by atoms with Gasteiger partial charge in [-0.25, -0.2) is 0 Å². The number of rotatable bonds is 3. The first-order valence-electron chi connectivity index (χ1n) is 10.5. The molecule has 0 radical (unpaired) electrons. The second kappa shape index (κ2) is 9.69. The van der Waals surface area contributed by atoms with Crippen molar-refractivity contribution in [2.24, 2.45) is 0 Å². The number of benzene rings is 3. The van der Waals surface area contributed by atoms with Gasteiger partial charge in [0, 0.05) is 23.1 Å². The molecule has 0 spiro atoms. The van der Waals surface area contributed by atoms with E-state index in [9.17, 15) is 18.0 Å². The Morgan fingerprint density at radius 3 is 2.39 bits per heavy atom. The number of carbonyl (C=O) groups is 1. The Morgan fingerprint density at radius 2 is 1.67 bits per heavy atom. The molecule has 0 unspecified atom stereocenters. The zero-order valence-corrected chi connectivity index (χ0v) is 19.9. The third-order valence-corrected chi connectivity index (χ3v) is 6.51. The van der Waals surface area contributed by atoms with Gasteiger partial charge in [-0.2, -0.15) is 13.2 Å². The van der Waals surface area contributed by atoms with Crippen LogP contribution in [-0.2, 0) is 6.18 Å². The molecule has 1 aliphatic rings. The van der Waals surface area contributed by atoms with Gasteiger partial charge in [0.2, 0.25) is 0 Å². The first-order chi connectivity index (χ1) is 15.7. The molecule has 1 fully saturated rings. The number of thiocarbonyl (C=S) groups is 1. The number of hydrogen-bond acceptors (Lipinski definition) is 3. The van der Waals surface area contributed by atoms with Crippen LogP contribution in [0.15, 0.2) is 59.1 Å². The van der Waals surface area contributed by atoms with E-state index in [4.69, 9.17) is 12.2 Å². The highest BCUT2D eigenvalue weighted by Gasteiger charge is 2.31. The predicted molar refractivity (Wildman–Crippen MR) is 133 cm³/mol. The van der Waals surface area contributed by atoms with E-state index in [1.54, 1.807) is 12.1 Å². The molecule has 0 aromatic heterocycles. The number of amides is 1. The van der Waals surface area contributed by atoms with Crippen LogP contribution in [0, 0.1) is 0 Å². The molecule has 4 nitrogen and oxygen atoms in total. The lowest BCUT2D eigenvalue weighted by molar-refractivity contribution is -0.137. The van der Waals surface area contributed by atoms with Crippen LogP contribution in [0.5, 0.6) is 0 Å². The molecule has 4 rings (SSSR count). The van der Waals surface area contributed by atoms with Gasteiger partial charge < -0.3 is 10.2 Å². The van der Waals surface area contributed by atoms with Gasteiger partial charge in [-0.1, -0.05) is 40.2 Å². The lowest BCUT2D eigenvalue weighted by atomic mass is 10.0. The Bertz CT molecular complexity index is 1210. The molecule has 1 heterocycles. The summed E-state index contributed by atoms with van der Waals surface area (Å²) in [5.41, 5.74) is 0.489. The van der Waals surface area contributed by atoms with Gasteiger partial charge in [-0.3, -0.25) is 10.1 Å². The van der Waals surface area contributed by atoms with E-state index in [-0.39, 0.29) is 10.8 Å². The molecule has 0 saturated carbocycles. The second-order valence-corrected chi connectivity index (χ2v) is 9.09. The number of piperidine rings is 1. The zero-order valence-electron chi connectivity index (χ0n) is 17.5. The SMILES string of the molecule is O=C(NC(=S)Nc1cc(C(F)(F)F)ccc1N1CCCCC1)c1cccc2c(Br)cccc12. The highest BCUT2D eigenvalue weighted by molar-refractivity contribution is 9.10. The molecule has 9 heteroatoms. The molecule has 3 aromatic carbocycles. The standard InChI is InChI=1S/C24H21BrF3N3OS/c25-19-9-5-6-16-17(19)7-4-8-18(16)22(32)30-23(33)29-20-14-15(24(26,27)28)10-11-21(20)31-12-2-1-3-13-31/h4-11,14H,1-3,12-13H2,(H2,29,30,32,33). The molecular weight excluding hydrogens is 515 g/mol. The summed E-state index contributed by atoms with van der Waals surface area (Å²) in [6.07, 6.45) is -1.45. The molecule has 1 amide bonds. The topological polar surface area (TPSA) is 44.4 Å². The predicted octanol–water partition coefficient (Wildman–Crippen LogP) is 6.74. The molecule has 2 N–H and O–H groups in total. The van der Waals surface area contributed by atoms with Crippen molar-refractivity contribution in [1.29, 1.82) is 0 Å². The summed E-state index contributed by atoms with van der Waals surface area (Å²) in [4.78, 5) is 15.0. The Balaban J connectivity index is 1.59. The summed E-state index contributed by atoms with van der Waals surface area (Å²) in [5, 5.41) is 6.98. The molecule has 1 saturated heterocycles. The van der Waals surface area contributed by atoms with Crippen molar-refractivity contribution in [3.63, 3.8) is 0 Å². The van der Waals surface area contributed by atoms with Gasteiger partial charge >= 0.3 is 6.18 Å². The fourth-order valence-corrected chi connectivity index (χ4v) is 4.72. The molecule has 3 aromatic rings. The monoisotopic (exact) mass is 535 g/mol. The molecular formula is C24H21BrF3N3OS. The Kier molecular flexibility index (Phi) is 6.90. The largest absolute Gasteiger partial charge is 0.416 e. The van der Waals surface area contributed by atoms with Gasteiger partial charge in [0.25, 0.3) is 5.91 Å². The van der Waals surface area contributed by atoms with Crippen LogP contribution in [0.25, 0.3) is 10.8 Å².